The molecule has 0 aliphatic heterocycles. The van der Waals surface area contributed by atoms with E-state index in [9.17, 15) is 9.18 Å². The summed E-state index contributed by atoms with van der Waals surface area (Å²) in [7, 11) is 1.70. The Hall–Kier alpha value is -0.900. The molecule has 0 aliphatic rings. The van der Waals surface area contributed by atoms with Crippen molar-refractivity contribution in [2.24, 2.45) is 0 Å². The Morgan fingerprint density at radius 1 is 1.47 bits per heavy atom. The summed E-state index contributed by atoms with van der Waals surface area (Å²) in [6.45, 7) is 5.92. The first kappa shape index (κ1) is 14.2. The van der Waals surface area contributed by atoms with Gasteiger partial charge in [0.1, 0.15) is 5.82 Å². The molecule has 0 atom stereocenters. The van der Waals surface area contributed by atoms with Gasteiger partial charge in [0, 0.05) is 17.1 Å². The predicted octanol–water partition coefficient (Wildman–Crippen LogP) is 3.85. The highest BCUT2D eigenvalue weighted by Gasteiger charge is 2.29. The van der Waals surface area contributed by atoms with Gasteiger partial charge in [-0.2, -0.15) is 0 Å². The molecule has 0 aliphatic carbocycles. The lowest BCUT2D eigenvalue weighted by Crippen LogP contribution is -2.44. The SMILES string of the molecule is CCC(C)(C)N(C)C(=O)c1c(F)cccc1Br. The van der Waals surface area contributed by atoms with E-state index in [1.807, 2.05) is 20.8 Å². The van der Waals surface area contributed by atoms with E-state index >= 15 is 0 Å². The third-order valence-electron chi connectivity index (χ3n) is 3.25. The molecule has 0 bridgehead atoms. The molecule has 17 heavy (non-hydrogen) atoms. The van der Waals surface area contributed by atoms with Crippen LogP contribution in [0.15, 0.2) is 22.7 Å². The van der Waals surface area contributed by atoms with Gasteiger partial charge >= 0.3 is 0 Å². The van der Waals surface area contributed by atoms with Crippen LogP contribution in [0.5, 0.6) is 0 Å². The third kappa shape index (κ3) is 2.86. The zero-order chi connectivity index (χ0) is 13.2. The van der Waals surface area contributed by atoms with E-state index in [1.165, 1.54) is 6.07 Å². The second-order valence-corrected chi connectivity index (χ2v) is 5.48. The number of benzene rings is 1. The second kappa shape index (κ2) is 5.17. The fourth-order valence-electron chi connectivity index (χ4n) is 1.38. The van der Waals surface area contributed by atoms with Crippen LogP contribution in [0.2, 0.25) is 0 Å². The lowest BCUT2D eigenvalue weighted by atomic mass is 9.99. The molecule has 4 heteroatoms. The van der Waals surface area contributed by atoms with Crippen molar-refractivity contribution in [1.29, 1.82) is 0 Å². The first-order valence-electron chi connectivity index (χ1n) is 5.53. The van der Waals surface area contributed by atoms with E-state index < -0.39 is 5.82 Å². The van der Waals surface area contributed by atoms with E-state index in [0.717, 1.165) is 6.42 Å². The van der Waals surface area contributed by atoms with Crippen LogP contribution in [0, 0.1) is 5.82 Å². The van der Waals surface area contributed by atoms with Gasteiger partial charge in [-0.25, -0.2) is 4.39 Å². The Balaban J connectivity index is 3.14. The highest BCUT2D eigenvalue weighted by Crippen LogP contribution is 2.25. The Kier molecular flexibility index (Phi) is 4.31. The maximum absolute atomic E-state index is 13.7. The van der Waals surface area contributed by atoms with Crippen LogP contribution in [0.25, 0.3) is 0 Å². The molecule has 1 rings (SSSR count). The van der Waals surface area contributed by atoms with Gasteiger partial charge in [0.25, 0.3) is 5.91 Å². The van der Waals surface area contributed by atoms with Crippen molar-refractivity contribution in [3.63, 3.8) is 0 Å². The molecule has 0 N–H and O–H groups in total. The van der Waals surface area contributed by atoms with Crippen molar-refractivity contribution in [2.45, 2.75) is 32.7 Å². The summed E-state index contributed by atoms with van der Waals surface area (Å²) in [6, 6.07) is 4.54. The maximum atomic E-state index is 13.7. The topological polar surface area (TPSA) is 20.3 Å². The van der Waals surface area contributed by atoms with E-state index in [1.54, 1.807) is 24.1 Å². The Labute approximate surface area is 110 Å². The number of amides is 1. The van der Waals surface area contributed by atoms with E-state index in [4.69, 9.17) is 0 Å². The van der Waals surface area contributed by atoms with Gasteiger partial charge in [0.15, 0.2) is 0 Å². The molecule has 0 fully saturated rings. The summed E-state index contributed by atoms with van der Waals surface area (Å²) in [4.78, 5) is 13.8. The maximum Gasteiger partial charge on any atom is 0.258 e. The van der Waals surface area contributed by atoms with Crippen LogP contribution < -0.4 is 0 Å². The summed E-state index contributed by atoms with van der Waals surface area (Å²) in [6.07, 6.45) is 0.807. The molecule has 1 amide bonds. The second-order valence-electron chi connectivity index (χ2n) is 4.63. The van der Waals surface area contributed by atoms with Crippen molar-refractivity contribution in [3.8, 4) is 0 Å². The van der Waals surface area contributed by atoms with Crippen LogP contribution in [-0.4, -0.2) is 23.4 Å². The molecular weight excluding hydrogens is 285 g/mol. The predicted molar refractivity (Wildman–Crippen MR) is 70.6 cm³/mol. The molecule has 0 radical (unpaired) electrons. The number of rotatable bonds is 3. The molecule has 0 spiro atoms. The largest absolute Gasteiger partial charge is 0.336 e. The Morgan fingerprint density at radius 2 is 2.06 bits per heavy atom. The number of halogens is 2. The minimum atomic E-state index is -0.497. The van der Waals surface area contributed by atoms with Gasteiger partial charge in [0.2, 0.25) is 0 Å². The van der Waals surface area contributed by atoms with Gasteiger partial charge in [0.05, 0.1) is 5.56 Å². The highest BCUT2D eigenvalue weighted by atomic mass is 79.9. The molecular formula is C13H17BrFNO. The standard InChI is InChI=1S/C13H17BrFNO/c1-5-13(2,3)16(4)12(17)11-9(14)7-6-8-10(11)15/h6-8H,5H2,1-4H3. The average Bonchev–Trinajstić information content (AvgIpc) is 2.27. The normalized spacial score (nSPS) is 11.4. The minimum Gasteiger partial charge on any atom is -0.336 e. The van der Waals surface area contributed by atoms with Gasteiger partial charge in [-0.15, -0.1) is 0 Å². The molecule has 0 saturated heterocycles. The molecule has 0 heterocycles. The zero-order valence-corrected chi connectivity index (χ0v) is 12.1. The van der Waals surface area contributed by atoms with E-state index in [2.05, 4.69) is 15.9 Å². The number of hydrogen-bond acceptors (Lipinski definition) is 1. The molecule has 94 valence electrons. The monoisotopic (exact) mass is 301 g/mol. The number of hydrogen-bond donors (Lipinski definition) is 0. The van der Waals surface area contributed by atoms with Crippen LogP contribution in [-0.2, 0) is 0 Å². The summed E-state index contributed by atoms with van der Waals surface area (Å²) in [5.74, 6) is -0.801. The average molecular weight is 302 g/mol. The fraction of sp³-hybridized carbons (Fsp3) is 0.462. The number of carbonyl (C=O) groups excluding carboxylic acids is 1. The molecule has 1 aromatic carbocycles. The van der Waals surface area contributed by atoms with Gasteiger partial charge in [-0.05, 0) is 48.3 Å². The van der Waals surface area contributed by atoms with Crippen molar-refractivity contribution >= 4 is 21.8 Å². The number of carbonyl (C=O) groups is 1. The zero-order valence-electron chi connectivity index (χ0n) is 10.6. The molecule has 0 saturated carbocycles. The quantitative estimate of drug-likeness (QED) is 0.830. The molecule has 1 aromatic rings. The highest BCUT2D eigenvalue weighted by molar-refractivity contribution is 9.10. The van der Waals surface area contributed by atoms with Gasteiger partial charge < -0.3 is 4.90 Å². The fourth-order valence-corrected chi connectivity index (χ4v) is 1.89. The van der Waals surface area contributed by atoms with Crippen LogP contribution >= 0.6 is 15.9 Å². The first-order valence-corrected chi connectivity index (χ1v) is 6.32. The Morgan fingerprint density at radius 3 is 2.53 bits per heavy atom. The lowest BCUT2D eigenvalue weighted by molar-refractivity contribution is 0.0614. The van der Waals surface area contributed by atoms with Gasteiger partial charge in [-0.1, -0.05) is 13.0 Å². The first-order chi connectivity index (χ1) is 7.81. The van der Waals surface area contributed by atoms with Crippen molar-refractivity contribution in [1.82, 2.24) is 4.90 Å². The summed E-state index contributed by atoms with van der Waals surface area (Å²) in [5.41, 5.74) is -0.199. The van der Waals surface area contributed by atoms with E-state index in [0.29, 0.717) is 4.47 Å². The van der Waals surface area contributed by atoms with Crippen LogP contribution in [0.4, 0.5) is 4.39 Å². The smallest absolute Gasteiger partial charge is 0.258 e. The Bertz CT molecular complexity index is 411. The van der Waals surface area contributed by atoms with Crippen molar-refractivity contribution in [3.05, 3.63) is 34.1 Å². The summed E-state index contributed by atoms with van der Waals surface area (Å²) < 4.78 is 14.2. The summed E-state index contributed by atoms with van der Waals surface area (Å²) >= 11 is 3.22. The van der Waals surface area contributed by atoms with Gasteiger partial charge in [-0.3, -0.25) is 4.79 Å². The summed E-state index contributed by atoms with van der Waals surface area (Å²) in [5, 5.41) is 0. The number of nitrogens with zero attached hydrogens (tertiary/aromatic N) is 1. The van der Waals surface area contributed by atoms with Crippen molar-refractivity contribution in [2.75, 3.05) is 7.05 Å². The van der Waals surface area contributed by atoms with Crippen molar-refractivity contribution < 1.29 is 9.18 Å². The lowest BCUT2D eigenvalue weighted by Gasteiger charge is -2.35. The van der Waals surface area contributed by atoms with Crippen LogP contribution in [0.1, 0.15) is 37.6 Å². The van der Waals surface area contributed by atoms with Crippen LogP contribution in [0.3, 0.4) is 0 Å². The van der Waals surface area contributed by atoms with E-state index in [-0.39, 0.29) is 17.0 Å². The minimum absolute atomic E-state index is 0.0940. The molecule has 2 nitrogen and oxygen atoms in total. The third-order valence-corrected chi connectivity index (χ3v) is 3.92. The molecule has 0 unspecified atom stereocenters. The molecule has 0 aromatic heterocycles.